The van der Waals surface area contributed by atoms with Crippen LogP contribution in [0, 0.1) is 6.92 Å². The Labute approximate surface area is 145 Å². The Morgan fingerprint density at radius 3 is 2.24 bits per heavy atom. The summed E-state index contributed by atoms with van der Waals surface area (Å²) in [4.78, 5) is 9.99. The van der Waals surface area contributed by atoms with Gasteiger partial charge in [0.15, 0.2) is 0 Å². The van der Waals surface area contributed by atoms with Crippen LogP contribution in [0.3, 0.4) is 0 Å². The Balaban J connectivity index is 2.66. The molecule has 0 aliphatic rings. The molecule has 0 atom stereocenters. The number of sulfone groups is 1. The van der Waals surface area contributed by atoms with Crippen LogP contribution in [-0.4, -0.2) is 27.3 Å². The number of aryl methyl sites for hydroxylation is 1. The Hall–Kier alpha value is -2.43. The van der Waals surface area contributed by atoms with E-state index < -0.39 is 30.8 Å². The zero-order valence-electron chi connectivity index (χ0n) is 13.3. The van der Waals surface area contributed by atoms with Gasteiger partial charge in [-0.05, 0) is 42.8 Å². The lowest BCUT2D eigenvalue weighted by molar-refractivity contribution is -0.114. The van der Waals surface area contributed by atoms with Gasteiger partial charge in [0.2, 0.25) is 15.7 Å². The van der Waals surface area contributed by atoms with Crippen LogP contribution >= 0.6 is 0 Å². The number of nitrogens with two attached hydrogens (primary N) is 1. The van der Waals surface area contributed by atoms with Crippen molar-refractivity contribution in [3.05, 3.63) is 42.0 Å². The van der Waals surface area contributed by atoms with Crippen LogP contribution in [-0.2, 0) is 24.7 Å². The molecule has 0 radical (unpaired) electrons. The third kappa shape index (κ3) is 3.98. The van der Waals surface area contributed by atoms with Crippen LogP contribution in [0.5, 0.6) is 0 Å². The quantitative estimate of drug-likeness (QED) is 0.536. The van der Waals surface area contributed by atoms with Gasteiger partial charge in [0.1, 0.15) is 0 Å². The van der Waals surface area contributed by atoms with Crippen LogP contribution < -0.4 is 11.1 Å². The van der Waals surface area contributed by atoms with E-state index in [1.807, 2.05) is 0 Å². The topological polar surface area (TPSA) is 144 Å². The zero-order chi connectivity index (χ0) is 19.0. The number of nitrogens with one attached hydrogen (secondary N) is 1. The van der Waals surface area contributed by atoms with Gasteiger partial charge in [-0.2, -0.15) is 8.42 Å². The molecule has 0 aliphatic heterocycles. The summed E-state index contributed by atoms with van der Waals surface area (Å²) in [5, 5.41) is 2.45. The maximum Gasteiger partial charge on any atom is 0.294 e. The Kier molecular flexibility index (Phi) is 4.89. The van der Waals surface area contributed by atoms with Crippen molar-refractivity contribution in [3.63, 3.8) is 0 Å². The first-order valence-electron chi connectivity index (χ1n) is 6.93. The molecule has 134 valence electrons. The fraction of sp³-hybridized carbons (Fsp3) is 0.133. The van der Waals surface area contributed by atoms with Gasteiger partial charge in [-0.25, -0.2) is 8.42 Å². The van der Waals surface area contributed by atoms with E-state index in [0.29, 0.717) is 0 Å². The molecule has 0 aromatic heterocycles. The highest BCUT2D eigenvalue weighted by molar-refractivity contribution is 7.91. The molecule has 0 aliphatic carbocycles. The molecule has 4 N–H and O–H groups in total. The summed E-state index contributed by atoms with van der Waals surface area (Å²) in [6, 6.07) is 7.28. The maximum atomic E-state index is 12.8. The Morgan fingerprint density at radius 1 is 1.04 bits per heavy atom. The van der Waals surface area contributed by atoms with Crippen LogP contribution in [0.2, 0.25) is 0 Å². The molecule has 0 heterocycles. The third-order valence-electron chi connectivity index (χ3n) is 3.37. The fourth-order valence-electron chi connectivity index (χ4n) is 2.20. The molecule has 1 amide bonds. The molecule has 0 saturated heterocycles. The summed E-state index contributed by atoms with van der Waals surface area (Å²) < 4.78 is 57.7. The molecule has 8 nitrogen and oxygen atoms in total. The molecule has 25 heavy (non-hydrogen) atoms. The molecule has 0 saturated carbocycles. The average Bonchev–Trinajstić information content (AvgIpc) is 2.47. The zero-order valence-corrected chi connectivity index (χ0v) is 15.0. The number of benzene rings is 2. The maximum absolute atomic E-state index is 12.8. The van der Waals surface area contributed by atoms with Crippen molar-refractivity contribution in [2.45, 2.75) is 28.5 Å². The van der Waals surface area contributed by atoms with E-state index in [9.17, 15) is 26.2 Å². The van der Waals surface area contributed by atoms with E-state index in [-0.39, 0.29) is 26.7 Å². The van der Waals surface area contributed by atoms with Crippen molar-refractivity contribution in [1.82, 2.24) is 0 Å². The van der Waals surface area contributed by atoms with Gasteiger partial charge in [0.05, 0.1) is 20.4 Å². The van der Waals surface area contributed by atoms with Crippen molar-refractivity contribution < 1.29 is 26.2 Å². The molecule has 0 bridgehead atoms. The minimum atomic E-state index is -4.59. The first-order valence-corrected chi connectivity index (χ1v) is 9.85. The van der Waals surface area contributed by atoms with Gasteiger partial charge in [0, 0.05) is 12.6 Å². The fourth-order valence-corrected chi connectivity index (χ4v) is 4.46. The van der Waals surface area contributed by atoms with Crippen molar-refractivity contribution >= 4 is 37.2 Å². The van der Waals surface area contributed by atoms with Gasteiger partial charge < -0.3 is 11.1 Å². The molecule has 2 aromatic carbocycles. The number of amides is 1. The Bertz CT molecular complexity index is 1060. The smallest absolute Gasteiger partial charge is 0.294 e. The van der Waals surface area contributed by atoms with Crippen molar-refractivity contribution in [2.75, 3.05) is 11.1 Å². The third-order valence-corrected chi connectivity index (χ3v) is 6.17. The molecule has 0 unspecified atom stereocenters. The van der Waals surface area contributed by atoms with Crippen molar-refractivity contribution in [3.8, 4) is 0 Å². The van der Waals surface area contributed by atoms with Crippen LogP contribution in [0.25, 0.3) is 0 Å². The normalized spacial score (nSPS) is 12.0. The first-order chi connectivity index (χ1) is 11.4. The van der Waals surface area contributed by atoms with Crippen molar-refractivity contribution in [1.29, 1.82) is 0 Å². The number of hydrogen-bond donors (Lipinski definition) is 3. The second kappa shape index (κ2) is 6.47. The van der Waals surface area contributed by atoms with Crippen LogP contribution in [0.4, 0.5) is 11.4 Å². The van der Waals surface area contributed by atoms with Gasteiger partial charge in [-0.3, -0.25) is 9.35 Å². The summed E-state index contributed by atoms with van der Waals surface area (Å²) >= 11 is 0. The van der Waals surface area contributed by atoms with E-state index in [0.717, 1.165) is 6.07 Å². The number of rotatable bonds is 4. The van der Waals surface area contributed by atoms with E-state index in [1.54, 1.807) is 0 Å². The number of hydrogen-bond acceptors (Lipinski definition) is 6. The average molecular weight is 384 g/mol. The van der Waals surface area contributed by atoms with Crippen molar-refractivity contribution in [2.24, 2.45) is 0 Å². The van der Waals surface area contributed by atoms with Crippen LogP contribution in [0.15, 0.2) is 51.1 Å². The lowest BCUT2D eigenvalue weighted by Gasteiger charge is -2.12. The SMILES string of the molecule is CC(=O)Nc1ccc(N)c(S(=O)(=O)c2ccc(C)c(S(=O)(=O)O)c2)c1. The Morgan fingerprint density at radius 2 is 1.68 bits per heavy atom. The molecular weight excluding hydrogens is 368 g/mol. The molecule has 0 spiro atoms. The highest BCUT2D eigenvalue weighted by Gasteiger charge is 2.24. The molecular formula is C15H16N2O6S2. The minimum Gasteiger partial charge on any atom is -0.398 e. The summed E-state index contributed by atoms with van der Waals surface area (Å²) in [5.74, 6) is -0.392. The standard InChI is InChI=1S/C15H16N2O6S2/c1-9-3-5-12(8-14(9)25(21,22)23)24(19,20)15-7-11(17-10(2)18)4-6-13(15)16/h3-8H,16H2,1-2H3,(H,17,18)(H,21,22,23). The minimum absolute atomic E-state index is 0.0666. The van der Waals surface area contributed by atoms with Gasteiger partial charge >= 0.3 is 0 Å². The summed E-state index contributed by atoms with van der Waals surface area (Å²) in [6.45, 7) is 2.69. The van der Waals surface area contributed by atoms with Gasteiger partial charge in [-0.1, -0.05) is 6.07 Å². The van der Waals surface area contributed by atoms with Gasteiger partial charge in [-0.15, -0.1) is 0 Å². The first kappa shape index (κ1) is 18.9. The predicted molar refractivity (Wildman–Crippen MR) is 91.6 cm³/mol. The van der Waals surface area contributed by atoms with Crippen LogP contribution in [0.1, 0.15) is 12.5 Å². The molecule has 0 fully saturated rings. The molecule has 2 aromatic rings. The van der Waals surface area contributed by atoms with Gasteiger partial charge in [0.25, 0.3) is 10.1 Å². The lowest BCUT2D eigenvalue weighted by Crippen LogP contribution is -2.10. The lowest BCUT2D eigenvalue weighted by atomic mass is 10.2. The predicted octanol–water partition coefficient (Wildman–Crippen LogP) is 1.62. The van der Waals surface area contributed by atoms with E-state index in [4.69, 9.17) is 5.73 Å². The summed E-state index contributed by atoms with van der Waals surface area (Å²) in [7, 11) is -8.76. The monoisotopic (exact) mass is 384 g/mol. The summed E-state index contributed by atoms with van der Waals surface area (Å²) in [6.07, 6.45) is 0. The molecule has 2 rings (SSSR count). The second-order valence-electron chi connectivity index (χ2n) is 5.34. The van der Waals surface area contributed by atoms with E-state index in [2.05, 4.69) is 5.32 Å². The largest absolute Gasteiger partial charge is 0.398 e. The number of carbonyl (C=O) groups is 1. The van der Waals surface area contributed by atoms with E-state index in [1.165, 1.54) is 44.2 Å². The highest BCUT2D eigenvalue weighted by Crippen LogP contribution is 2.30. The number of anilines is 2. The second-order valence-corrected chi connectivity index (χ2v) is 8.65. The number of nitrogen functional groups attached to an aromatic ring is 1. The molecule has 10 heteroatoms. The van der Waals surface area contributed by atoms with E-state index >= 15 is 0 Å². The number of carbonyl (C=O) groups excluding carboxylic acids is 1. The highest BCUT2D eigenvalue weighted by atomic mass is 32.2. The summed E-state index contributed by atoms with van der Waals surface area (Å²) in [5.41, 5.74) is 6.09.